The van der Waals surface area contributed by atoms with Gasteiger partial charge >= 0.3 is 0 Å². The van der Waals surface area contributed by atoms with Crippen molar-refractivity contribution >= 4 is 35.0 Å². The molecule has 10 heteroatoms. The molecule has 0 radical (unpaired) electrons. The van der Waals surface area contributed by atoms with Crippen LogP contribution in [0.2, 0.25) is 5.02 Å². The number of carbonyl (C=O) groups is 1. The number of fused-ring (bicyclic) bond motifs is 1. The average Bonchev–Trinajstić information content (AvgIpc) is 3.37. The van der Waals surface area contributed by atoms with Gasteiger partial charge < -0.3 is 19.2 Å². The maximum Gasteiger partial charge on any atom is 0.234 e. The summed E-state index contributed by atoms with van der Waals surface area (Å²) in [4.78, 5) is 12.5. The van der Waals surface area contributed by atoms with Crippen LogP contribution in [0.1, 0.15) is 31.4 Å². The molecule has 30 heavy (non-hydrogen) atoms. The van der Waals surface area contributed by atoms with Crippen molar-refractivity contribution < 1.29 is 18.7 Å². The number of carbonyl (C=O) groups excluding carboxylic acids is 1. The SMILES string of the molecule is CC(C)c1nnc(SCC(=O)Nc2cc3c(cc2Cl)OCCO3)n1Cc1ccco1. The van der Waals surface area contributed by atoms with E-state index in [2.05, 4.69) is 15.5 Å². The highest BCUT2D eigenvalue weighted by Gasteiger charge is 2.19. The summed E-state index contributed by atoms with van der Waals surface area (Å²) in [5.41, 5.74) is 0.478. The molecule has 1 aliphatic heterocycles. The molecule has 3 aromatic rings. The Labute approximate surface area is 182 Å². The van der Waals surface area contributed by atoms with E-state index >= 15 is 0 Å². The minimum atomic E-state index is -0.211. The van der Waals surface area contributed by atoms with E-state index in [0.717, 1.165) is 11.6 Å². The van der Waals surface area contributed by atoms with Crippen LogP contribution in [0.5, 0.6) is 11.5 Å². The Bertz CT molecular complexity index is 1040. The van der Waals surface area contributed by atoms with Crippen LogP contribution in [0.3, 0.4) is 0 Å². The van der Waals surface area contributed by atoms with Gasteiger partial charge in [0.25, 0.3) is 0 Å². The Morgan fingerprint density at radius 1 is 1.27 bits per heavy atom. The Morgan fingerprint density at radius 2 is 2.03 bits per heavy atom. The number of amides is 1. The Kier molecular flexibility index (Phi) is 6.19. The van der Waals surface area contributed by atoms with E-state index < -0.39 is 0 Å². The van der Waals surface area contributed by atoms with E-state index in [1.807, 2.05) is 30.5 Å². The average molecular weight is 449 g/mol. The number of anilines is 1. The summed E-state index contributed by atoms with van der Waals surface area (Å²) in [6, 6.07) is 7.06. The summed E-state index contributed by atoms with van der Waals surface area (Å²) in [5.74, 6) is 2.90. The third-order valence-electron chi connectivity index (χ3n) is 4.39. The van der Waals surface area contributed by atoms with E-state index in [4.69, 9.17) is 25.5 Å². The molecular formula is C20H21ClN4O4S. The van der Waals surface area contributed by atoms with Gasteiger partial charge in [-0.2, -0.15) is 0 Å². The van der Waals surface area contributed by atoms with Crippen LogP contribution in [0.4, 0.5) is 5.69 Å². The summed E-state index contributed by atoms with van der Waals surface area (Å²) < 4.78 is 18.5. The van der Waals surface area contributed by atoms with Gasteiger partial charge in [-0.1, -0.05) is 37.2 Å². The third kappa shape index (κ3) is 4.57. The molecule has 0 bridgehead atoms. The van der Waals surface area contributed by atoms with Crippen LogP contribution in [0.25, 0.3) is 0 Å². The molecule has 0 atom stereocenters. The van der Waals surface area contributed by atoms with Gasteiger partial charge in [-0.25, -0.2) is 0 Å². The zero-order valence-electron chi connectivity index (χ0n) is 16.6. The molecule has 158 valence electrons. The predicted octanol–water partition coefficient (Wildman–Crippen LogP) is 4.20. The first-order valence-corrected chi connectivity index (χ1v) is 10.8. The lowest BCUT2D eigenvalue weighted by Gasteiger charge is -2.20. The van der Waals surface area contributed by atoms with Gasteiger partial charge in [0.05, 0.1) is 29.3 Å². The number of halogens is 1. The van der Waals surface area contributed by atoms with Gasteiger partial charge in [0.15, 0.2) is 16.7 Å². The predicted molar refractivity (Wildman–Crippen MR) is 114 cm³/mol. The summed E-state index contributed by atoms with van der Waals surface area (Å²) in [7, 11) is 0. The number of ether oxygens (including phenoxy) is 2. The quantitative estimate of drug-likeness (QED) is 0.541. The number of benzene rings is 1. The Morgan fingerprint density at radius 3 is 2.73 bits per heavy atom. The molecule has 0 saturated heterocycles. The first kappa shape index (κ1) is 20.6. The molecular weight excluding hydrogens is 428 g/mol. The minimum Gasteiger partial charge on any atom is -0.486 e. The second-order valence-electron chi connectivity index (χ2n) is 6.97. The minimum absolute atomic E-state index is 0.152. The van der Waals surface area contributed by atoms with Crippen molar-refractivity contribution in [3.8, 4) is 11.5 Å². The van der Waals surface area contributed by atoms with Crippen LogP contribution in [-0.2, 0) is 11.3 Å². The van der Waals surface area contributed by atoms with Crippen molar-refractivity contribution in [1.82, 2.24) is 14.8 Å². The van der Waals surface area contributed by atoms with E-state index in [1.54, 1.807) is 18.4 Å². The number of aromatic nitrogens is 3. The number of thioether (sulfide) groups is 1. The van der Waals surface area contributed by atoms with Gasteiger partial charge in [0, 0.05) is 18.1 Å². The summed E-state index contributed by atoms with van der Waals surface area (Å²) in [5, 5.41) is 12.4. The highest BCUT2D eigenvalue weighted by atomic mass is 35.5. The smallest absolute Gasteiger partial charge is 0.234 e. The van der Waals surface area contributed by atoms with E-state index in [0.29, 0.717) is 47.1 Å². The van der Waals surface area contributed by atoms with Crippen LogP contribution in [-0.4, -0.2) is 39.6 Å². The third-order valence-corrected chi connectivity index (χ3v) is 5.67. The lowest BCUT2D eigenvalue weighted by atomic mass is 10.2. The number of rotatable bonds is 7. The molecule has 8 nitrogen and oxygen atoms in total. The van der Waals surface area contributed by atoms with Gasteiger partial charge in [-0.05, 0) is 12.1 Å². The zero-order chi connectivity index (χ0) is 21.1. The first-order valence-electron chi connectivity index (χ1n) is 9.48. The normalized spacial score (nSPS) is 12.9. The number of furan rings is 1. The zero-order valence-corrected chi connectivity index (χ0v) is 18.1. The molecule has 3 heterocycles. The molecule has 0 fully saturated rings. The van der Waals surface area contributed by atoms with Gasteiger partial charge in [0.2, 0.25) is 5.91 Å². The van der Waals surface area contributed by atoms with Crippen molar-refractivity contribution in [2.75, 3.05) is 24.3 Å². The molecule has 1 amide bonds. The van der Waals surface area contributed by atoms with Crippen molar-refractivity contribution in [2.45, 2.75) is 31.5 Å². The van der Waals surface area contributed by atoms with E-state index in [9.17, 15) is 4.79 Å². The second kappa shape index (κ2) is 9.01. The van der Waals surface area contributed by atoms with Gasteiger partial charge in [0.1, 0.15) is 24.8 Å². The standard InChI is InChI=1S/C20H21ClN4O4S/c1-12(2)19-23-24-20(25(19)10-13-4-3-5-27-13)30-11-18(26)22-15-9-17-16(8-14(15)21)28-6-7-29-17/h3-5,8-9,12H,6-7,10-11H2,1-2H3,(H,22,26). The van der Waals surface area contributed by atoms with Crippen LogP contribution < -0.4 is 14.8 Å². The van der Waals surface area contributed by atoms with Crippen molar-refractivity contribution in [3.63, 3.8) is 0 Å². The molecule has 4 rings (SSSR count). The summed E-state index contributed by atoms with van der Waals surface area (Å²) >= 11 is 7.58. The summed E-state index contributed by atoms with van der Waals surface area (Å²) in [6.07, 6.45) is 1.63. The number of nitrogens with one attached hydrogen (secondary N) is 1. The highest BCUT2D eigenvalue weighted by molar-refractivity contribution is 7.99. The fourth-order valence-corrected chi connectivity index (χ4v) is 3.96. The molecule has 1 N–H and O–H groups in total. The second-order valence-corrected chi connectivity index (χ2v) is 8.32. The Hall–Kier alpha value is -2.65. The monoisotopic (exact) mass is 448 g/mol. The first-order chi connectivity index (χ1) is 14.5. The van der Waals surface area contributed by atoms with E-state index in [1.165, 1.54) is 11.8 Å². The van der Waals surface area contributed by atoms with Gasteiger partial charge in [-0.3, -0.25) is 9.36 Å². The number of nitrogens with zero attached hydrogens (tertiary/aromatic N) is 3. The molecule has 1 aliphatic rings. The van der Waals surface area contributed by atoms with Gasteiger partial charge in [-0.15, -0.1) is 10.2 Å². The maximum atomic E-state index is 12.5. The summed E-state index contributed by atoms with van der Waals surface area (Å²) in [6.45, 7) is 5.54. The molecule has 0 saturated carbocycles. The lowest BCUT2D eigenvalue weighted by Crippen LogP contribution is -2.18. The molecule has 0 aliphatic carbocycles. The largest absolute Gasteiger partial charge is 0.486 e. The van der Waals surface area contributed by atoms with Crippen LogP contribution in [0.15, 0.2) is 40.1 Å². The molecule has 2 aromatic heterocycles. The van der Waals surface area contributed by atoms with Crippen molar-refractivity contribution in [1.29, 1.82) is 0 Å². The topological polar surface area (TPSA) is 91.4 Å². The Balaban J connectivity index is 1.44. The van der Waals surface area contributed by atoms with Crippen LogP contribution >= 0.6 is 23.4 Å². The van der Waals surface area contributed by atoms with Crippen molar-refractivity contribution in [3.05, 3.63) is 47.1 Å². The fraction of sp³-hybridized carbons (Fsp3) is 0.350. The van der Waals surface area contributed by atoms with Crippen LogP contribution in [0, 0.1) is 0 Å². The van der Waals surface area contributed by atoms with E-state index in [-0.39, 0.29) is 17.6 Å². The molecule has 0 spiro atoms. The lowest BCUT2D eigenvalue weighted by molar-refractivity contribution is -0.113. The van der Waals surface area contributed by atoms with Crippen molar-refractivity contribution in [2.24, 2.45) is 0 Å². The molecule has 0 unspecified atom stereocenters. The fourth-order valence-electron chi connectivity index (χ4n) is 3.02. The maximum absolute atomic E-state index is 12.5. The number of hydrogen-bond acceptors (Lipinski definition) is 7. The highest BCUT2D eigenvalue weighted by Crippen LogP contribution is 2.38. The molecule has 1 aromatic carbocycles. The number of hydrogen-bond donors (Lipinski definition) is 1.